The Labute approximate surface area is 221 Å². The Morgan fingerprint density at radius 3 is 2.68 bits per heavy atom. The Bertz CT molecular complexity index is 1300. The maximum absolute atomic E-state index is 13.6. The van der Waals surface area contributed by atoms with Gasteiger partial charge in [-0.2, -0.15) is 0 Å². The number of aromatic nitrogens is 1. The SMILES string of the molecule is C[C@H](CO)N1C[C@H](C)[C@@H](CN(C)Cc2ccncc2)Oc2c(NS(=O)(=O)c3cccs3)cccc2C1=O. The predicted molar refractivity (Wildman–Crippen MR) is 143 cm³/mol. The van der Waals surface area contributed by atoms with Crippen LogP contribution in [-0.4, -0.2) is 73.1 Å². The van der Waals surface area contributed by atoms with E-state index in [9.17, 15) is 18.3 Å². The summed E-state index contributed by atoms with van der Waals surface area (Å²) in [5, 5.41) is 11.5. The van der Waals surface area contributed by atoms with Gasteiger partial charge in [0.05, 0.1) is 23.9 Å². The highest BCUT2D eigenvalue weighted by Crippen LogP contribution is 2.36. The summed E-state index contributed by atoms with van der Waals surface area (Å²) in [6.45, 7) is 5.19. The third-order valence-corrected chi connectivity index (χ3v) is 9.15. The molecule has 3 aromatic rings. The fourth-order valence-electron chi connectivity index (χ4n) is 4.32. The van der Waals surface area contributed by atoms with Crippen molar-refractivity contribution in [1.82, 2.24) is 14.8 Å². The normalized spacial score (nSPS) is 19.1. The van der Waals surface area contributed by atoms with Gasteiger partial charge >= 0.3 is 0 Å². The van der Waals surface area contributed by atoms with Gasteiger partial charge in [-0.1, -0.05) is 19.1 Å². The zero-order valence-electron chi connectivity index (χ0n) is 21.1. The summed E-state index contributed by atoms with van der Waals surface area (Å²) >= 11 is 1.11. The first-order valence-corrected chi connectivity index (χ1v) is 14.4. The van der Waals surface area contributed by atoms with Crippen molar-refractivity contribution < 1.29 is 23.1 Å². The van der Waals surface area contributed by atoms with Crippen LogP contribution in [0.15, 0.2) is 64.4 Å². The van der Waals surface area contributed by atoms with Gasteiger partial charge in [-0.05, 0) is 55.2 Å². The zero-order chi connectivity index (χ0) is 26.6. The van der Waals surface area contributed by atoms with Gasteiger partial charge in [-0.15, -0.1) is 11.3 Å². The summed E-state index contributed by atoms with van der Waals surface area (Å²) in [5.41, 5.74) is 1.55. The van der Waals surface area contributed by atoms with Crippen molar-refractivity contribution in [2.45, 2.75) is 36.7 Å². The van der Waals surface area contributed by atoms with E-state index in [0.717, 1.165) is 16.9 Å². The van der Waals surface area contributed by atoms with Crippen molar-refractivity contribution in [3.05, 3.63) is 71.4 Å². The zero-order valence-corrected chi connectivity index (χ0v) is 22.7. The number of anilines is 1. The fraction of sp³-hybridized carbons (Fsp3) is 0.385. The lowest BCUT2D eigenvalue weighted by Gasteiger charge is -2.38. The Kier molecular flexibility index (Phi) is 8.48. The van der Waals surface area contributed by atoms with Gasteiger partial charge in [-0.3, -0.25) is 19.4 Å². The smallest absolute Gasteiger partial charge is 0.271 e. The largest absolute Gasteiger partial charge is 0.486 e. The number of fused-ring (bicyclic) bond motifs is 1. The summed E-state index contributed by atoms with van der Waals surface area (Å²) in [5.74, 6) is -0.228. The minimum Gasteiger partial charge on any atom is -0.486 e. The number of nitrogens with one attached hydrogen (secondary N) is 1. The van der Waals surface area contributed by atoms with Crippen molar-refractivity contribution in [2.75, 3.05) is 31.5 Å². The number of amides is 1. The van der Waals surface area contributed by atoms with Crippen LogP contribution in [0.2, 0.25) is 0 Å². The van der Waals surface area contributed by atoms with Gasteiger partial charge in [0.15, 0.2) is 5.75 Å². The molecule has 1 aliphatic heterocycles. The maximum atomic E-state index is 13.6. The number of carbonyl (C=O) groups excluding carboxylic acids is 1. The number of aliphatic hydroxyl groups excluding tert-OH is 1. The average molecular weight is 545 g/mol. The van der Waals surface area contributed by atoms with E-state index in [4.69, 9.17) is 4.74 Å². The molecule has 0 radical (unpaired) electrons. The highest BCUT2D eigenvalue weighted by atomic mass is 32.2. The summed E-state index contributed by atoms with van der Waals surface area (Å²) in [4.78, 5) is 21.4. The quantitative estimate of drug-likeness (QED) is 0.425. The van der Waals surface area contributed by atoms with Gasteiger partial charge in [0.25, 0.3) is 15.9 Å². The van der Waals surface area contributed by atoms with Crippen LogP contribution >= 0.6 is 11.3 Å². The number of ether oxygens (including phenoxy) is 1. The summed E-state index contributed by atoms with van der Waals surface area (Å²) in [7, 11) is -1.88. The van der Waals surface area contributed by atoms with Crippen LogP contribution in [-0.2, 0) is 16.6 Å². The molecule has 0 unspecified atom stereocenters. The molecule has 1 amide bonds. The monoisotopic (exact) mass is 544 g/mol. The summed E-state index contributed by atoms with van der Waals surface area (Å²) < 4.78 is 35.3. The van der Waals surface area contributed by atoms with Gasteiger partial charge in [-0.25, -0.2) is 8.42 Å². The lowest BCUT2D eigenvalue weighted by molar-refractivity contribution is 0.0344. The van der Waals surface area contributed by atoms with E-state index in [2.05, 4.69) is 14.6 Å². The number of sulfonamides is 1. The molecule has 1 aromatic carbocycles. The van der Waals surface area contributed by atoms with Crippen molar-refractivity contribution in [3.8, 4) is 5.75 Å². The minimum atomic E-state index is -3.86. The second-order valence-electron chi connectivity index (χ2n) is 9.39. The van der Waals surface area contributed by atoms with Crippen LogP contribution in [0.1, 0.15) is 29.8 Å². The molecule has 0 fully saturated rings. The first kappa shape index (κ1) is 27.1. The summed E-state index contributed by atoms with van der Waals surface area (Å²) in [6, 6.07) is 11.5. The van der Waals surface area contributed by atoms with E-state index in [1.54, 1.807) is 53.9 Å². The first-order chi connectivity index (χ1) is 17.7. The highest BCUT2D eigenvalue weighted by molar-refractivity contribution is 7.94. The molecule has 0 spiro atoms. The van der Waals surface area contributed by atoms with Crippen LogP contribution in [0, 0.1) is 5.92 Å². The van der Waals surface area contributed by atoms with E-state index >= 15 is 0 Å². The van der Waals surface area contributed by atoms with Crippen molar-refractivity contribution in [3.63, 3.8) is 0 Å². The molecule has 9 nitrogen and oxygen atoms in total. The Morgan fingerprint density at radius 1 is 1.24 bits per heavy atom. The molecule has 11 heteroatoms. The molecule has 2 N–H and O–H groups in total. The van der Waals surface area contributed by atoms with Crippen molar-refractivity contribution in [1.29, 1.82) is 0 Å². The highest BCUT2D eigenvalue weighted by Gasteiger charge is 2.35. The van der Waals surface area contributed by atoms with Crippen LogP contribution in [0.5, 0.6) is 5.75 Å². The van der Waals surface area contributed by atoms with E-state index < -0.39 is 16.1 Å². The molecule has 0 saturated heterocycles. The molecule has 0 saturated carbocycles. The molecule has 37 heavy (non-hydrogen) atoms. The van der Waals surface area contributed by atoms with Crippen LogP contribution < -0.4 is 9.46 Å². The number of likely N-dealkylation sites (N-methyl/N-ethyl adjacent to an activating group) is 1. The number of carbonyl (C=O) groups is 1. The number of rotatable bonds is 9. The second-order valence-corrected chi connectivity index (χ2v) is 12.3. The topological polar surface area (TPSA) is 112 Å². The average Bonchev–Trinajstić information content (AvgIpc) is 3.43. The van der Waals surface area contributed by atoms with Crippen LogP contribution in [0.25, 0.3) is 0 Å². The Balaban J connectivity index is 1.70. The summed E-state index contributed by atoms with van der Waals surface area (Å²) in [6.07, 6.45) is 3.14. The van der Waals surface area contributed by atoms with Crippen LogP contribution in [0.4, 0.5) is 5.69 Å². The Hall–Kier alpha value is -2.99. The predicted octanol–water partition coefficient (Wildman–Crippen LogP) is 3.30. The van der Waals surface area contributed by atoms with Gasteiger partial charge < -0.3 is 14.7 Å². The number of aliphatic hydroxyl groups is 1. The fourth-order valence-corrected chi connectivity index (χ4v) is 6.38. The van der Waals surface area contributed by atoms with Gasteiger partial charge in [0.2, 0.25) is 0 Å². The third kappa shape index (κ3) is 6.30. The number of pyridine rings is 1. The van der Waals surface area contributed by atoms with Crippen molar-refractivity contribution in [2.24, 2.45) is 5.92 Å². The molecule has 4 rings (SSSR count). The first-order valence-electron chi connectivity index (χ1n) is 12.0. The second kappa shape index (κ2) is 11.6. The Morgan fingerprint density at radius 2 is 2.00 bits per heavy atom. The third-order valence-electron chi connectivity index (χ3n) is 6.39. The number of hydrogen-bond acceptors (Lipinski definition) is 8. The number of nitrogens with zero attached hydrogens (tertiary/aromatic N) is 3. The van der Waals surface area contributed by atoms with Crippen LogP contribution in [0.3, 0.4) is 0 Å². The molecule has 1 aliphatic rings. The van der Waals surface area contributed by atoms with Gasteiger partial charge in [0.1, 0.15) is 10.3 Å². The molecular weight excluding hydrogens is 512 g/mol. The van der Waals surface area contributed by atoms with Crippen molar-refractivity contribution >= 4 is 33.0 Å². The molecule has 2 aromatic heterocycles. The number of para-hydroxylation sites is 1. The molecule has 0 bridgehead atoms. The van der Waals surface area contributed by atoms with Gasteiger partial charge in [0, 0.05) is 37.9 Å². The number of hydrogen-bond donors (Lipinski definition) is 2. The lowest BCUT2D eigenvalue weighted by atomic mass is 9.99. The molecule has 3 heterocycles. The standard InChI is InChI=1S/C26H32N4O5S2/c1-18-14-30(19(2)17-31)26(32)21-6-4-7-22(28-37(33,34)24-8-5-13-36-24)25(21)35-23(18)16-29(3)15-20-9-11-27-12-10-20/h4-13,18-19,23,28,31H,14-17H2,1-3H3/t18-,19+,23+/m0/s1. The van der Waals surface area contributed by atoms with E-state index in [-0.39, 0.29) is 45.7 Å². The minimum absolute atomic E-state index is 0.104. The number of benzene rings is 1. The van der Waals surface area contributed by atoms with E-state index in [1.165, 1.54) is 6.07 Å². The lowest BCUT2D eigenvalue weighted by Crippen LogP contribution is -2.49. The molecular formula is C26H32N4O5S2. The van der Waals surface area contributed by atoms with E-state index in [0.29, 0.717) is 19.6 Å². The molecule has 3 atom stereocenters. The molecule has 0 aliphatic carbocycles. The number of thiophene rings is 1. The molecule has 198 valence electrons. The van der Waals surface area contributed by atoms with E-state index in [1.807, 2.05) is 26.1 Å². The maximum Gasteiger partial charge on any atom is 0.271 e.